The lowest BCUT2D eigenvalue weighted by molar-refractivity contribution is -0.130. The quantitative estimate of drug-likeness (QED) is 0.541. The van der Waals surface area contributed by atoms with Gasteiger partial charge in [0, 0.05) is 38.1 Å². The maximum Gasteiger partial charge on any atom is 0.264 e. The Bertz CT molecular complexity index is 1110. The topological polar surface area (TPSA) is 88.9 Å². The zero-order valence-corrected chi connectivity index (χ0v) is 18.1. The molecule has 2 aliphatic rings. The summed E-state index contributed by atoms with van der Waals surface area (Å²) in [7, 11) is 3.05. The molecule has 1 fully saturated rings. The Labute approximate surface area is 186 Å². The molecule has 0 saturated carbocycles. The summed E-state index contributed by atoms with van der Waals surface area (Å²) in [6.07, 6.45) is 2.80. The number of fused-ring (bicyclic) bond motifs is 1. The van der Waals surface area contributed by atoms with Gasteiger partial charge in [-0.2, -0.15) is 5.26 Å². The number of rotatable bonds is 4. The number of nitriles is 1. The second-order valence-corrected chi connectivity index (χ2v) is 7.96. The summed E-state index contributed by atoms with van der Waals surface area (Å²) in [4.78, 5) is 27.6. The average Bonchev–Trinajstić information content (AvgIpc) is 2.82. The molecule has 4 rings (SSSR count). The molecule has 0 bridgehead atoms. The Kier molecular flexibility index (Phi) is 5.87. The second kappa shape index (κ2) is 8.75. The van der Waals surface area contributed by atoms with Crippen LogP contribution >= 0.6 is 0 Å². The standard InChI is InChI=1S/C25H24N2O5/c1-30-19-13-21(31-2)23-20(28)15-25(32-22(23)14-19)8-10-27(11-9-25)24(29)18(16-26)12-17-6-4-3-5-7-17/h3-7,12-14H,8-11,15H2,1-2H3/b18-12+. The molecule has 0 aromatic heterocycles. The van der Waals surface area contributed by atoms with Crippen molar-refractivity contribution in [1.29, 1.82) is 5.26 Å². The lowest BCUT2D eigenvalue weighted by Gasteiger charge is -2.44. The molecule has 2 heterocycles. The number of Topliss-reactive ketones (excluding diaryl/α,β-unsaturated/α-hetero) is 1. The number of carbonyl (C=O) groups is 2. The van der Waals surface area contributed by atoms with Crippen LogP contribution in [0.1, 0.15) is 35.2 Å². The molecule has 1 amide bonds. The van der Waals surface area contributed by atoms with Gasteiger partial charge in [0.2, 0.25) is 0 Å². The van der Waals surface area contributed by atoms with Gasteiger partial charge in [0.25, 0.3) is 5.91 Å². The van der Waals surface area contributed by atoms with Gasteiger partial charge in [-0.15, -0.1) is 0 Å². The Balaban J connectivity index is 1.51. The van der Waals surface area contributed by atoms with Gasteiger partial charge < -0.3 is 19.1 Å². The van der Waals surface area contributed by atoms with E-state index in [1.165, 1.54) is 7.11 Å². The van der Waals surface area contributed by atoms with Gasteiger partial charge in [0.1, 0.15) is 40.1 Å². The van der Waals surface area contributed by atoms with Crippen LogP contribution in [-0.2, 0) is 4.79 Å². The molecule has 0 radical (unpaired) electrons. The summed E-state index contributed by atoms with van der Waals surface area (Å²) >= 11 is 0. The zero-order valence-electron chi connectivity index (χ0n) is 18.1. The van der Waals surface area contributed by atoms with Gasteiger partial charge in [-0.3, -0.25) is 9.59 Å². The Hall–Kier alpha value is -3.79. The van der Waals surface area contributed by atoms with E-state index in [0.29, 0.717) is 48.7 Å². The van der Waals surface area contributed by atoms with E-state index in [9.17, 15) is 14.9 Å². The fraction of sp³-hybridized carbons (Fsp3) is 0.320. The zero-order chi connectivity index (χ0) is 22.7. The van der Waals surface area contributed by atoms with Gasteiger partial charge in [0.15, 0.2) is 5.78 Å². The molecule has 2 aliphatic heterocycles. The summed E-state index contributed by atoms with van der Waals surface area (Å²) in [6, 6.07) is 14.7. The van der Waals surface area contributed by atoms with Crippen LogP contribution in [0.5, 0.6) is 17.2 Å². The van der Waals surface area contributed by atoms with E-state index in [2.05, 4.69) is 0 Å². The van der Waals surface area contributed by atoms with Crippen molar-refractivity contribution in [3.05, 3.63) is 59.2 Å². The highest BCUT2D eigenvalue weighted by Gasteiger charge is 2.45. The number of ketones is 1. The monoisotopic (exact) mass is 432 g/mol. The molecule has 2 aromatic carbocycles. The number of benzene rings is 2. The minimum Gasteiger partial charge on any atom is -0.496 e. The Morgan fingerprint density at radius 2 is 1.88 bits per heavy atom. The van der Waals surface area contributed by atoms with Crippen LogP contribution in [0, 0.1) is 11.3 Å². The summed E-state index contributed by atoms with van der Waals surface area (Å²) < 4.78 is 17.0. The van der Waals surface area contributed by atoms with Crippen molar-refractivity contribution < 1.29 is 23.8 Å². The lowest BCUT2D eigenvalue weighted by Crippen LogP contribution is -2.52. The maximum atomic E-state index is 13.0. The number of hydrogen-bond acceptors (Lipinski definition) is 6. The molecule has 0 atom stereocenters. The van der Waals surface area contributed by atoms with Crippen LogP contribution in [0.2, 0.25) is 0 Å². The normalized spacial score (nSPS) is 17.2. The molecule has 7 heteroatoms. The first-order valence-electron chi connectivity index (χ1n) is 10.4. The highest BCUT2D eigenvalue weighted by molar-refractivity contribution is 6.03. The molecule has 7 nitrogen and oxygen atoms in total. The van der Waals surface area contributed by atoms with E-state index in [4.69, 9.17) is 14.2 Å². The average molecular weight is 432 g/mol. The minimum atomic E-state index is -0.686. The van der Waals surface area contributed by atoms with E-state index >= 15 is 0 Å². The number of hydrogen-bond donors (Lipinski definition) is 0. The SMILES string of the molecule is COc1cc(OC)c2c(c1)OC1(CCN(C(=O)/C(C#N)=C/c3ccccc3)CC1)CC2=O. The van der Waals surface area contributed by atoms with Crippen molar-refractivity contribution in [2.24, 2.45) is 0 Å². The summed E-state index contributed by atoms with van der Waals surface area (Å²) in [5, 5.41) is 9.51. The van der Waals surface area contributed by atoms with Crippen LogP contribution < -0.4 is 14.2 Å². The van der Waals surface area contributed by atoms with Crippen LogP contribution in [0.4, 0.5) is 0 Å². The first-order valence-corrected chi connectivity index (χ1v) is 10.4. The third-order valence-electron chi connectivity index (χ3n) is 6.01. The Morgan fingerprint density at radius 3 is 2.50 bits per heavy atom. The maximum absolute atomic E-state index is 13.0. The smallest absolute Gasteiger partial charge is 0.264 e. The van der Waals surface area contributed by atoms with Crippen molar-refractivity contribution in [3.8, 4) is 23.3 Å². The predicted molar refractivity (Wildman–Crippen MR) is 118 cm³/mol. The Morgan fingerprint density at radius 1 is 1.16 bits per heavy atom. The van der Waals surface area contributed by atoms with Gasteiger partial charge >= 0.3 is 0 Å². The fourth-order valence-electron chi connectivity index (χ4n) is 4.27. The van der Waals surface area contributed by atoms with Crippen molar-refractivity contribution in [3.63, 3.8) is 0 Å². The molecular weight excluding hydrogens is 408 g/mol. The molecule has 1 spiro atoms. The van der Waals surface area contributed by atoms with Crippen molar-refractivity contribution in [2.75, 3.05) is 27.3 Å². The number of carbonyl (C=O) groups excluding carboxylic acids is 2. The minimum absolute atomic E-state index is 0.0489. The summed E-state index contributed by atoms with van der Waals surface area (Å²) in [5.41, 5.74) is 0.628. The lowest BCUT2D eigenvalue weighted by atomic mass is 9.82. The van der Waals surface area contributed by atoms with E-state index in [0.717, 1.165) is 5.56 Å². The van der Waals surface area contributed by atoms with Gasteiger partial charge in [-0.25, -0.2) is 0 Å². The molecule has 0 aliphatic carbocycles. The number of nitrogens with zero attached hydrogens (tertiary/aromatic N) is 2. The van der Waals surface area contributed by atoms with Crippen LogP contribution in [-0.4, -0.2) is 49.5 Å². The van der Waals surface area contributed by atoms with E-state index in [1.807, 2.05) is 36.4 Å². The van der Waals surface area contributed by atoms with Crippen molar-refractivity contribution in [2.45, 2.75) is 24.9 Å². The highest BCUT2D eigenvalue weighted by atomic mass is 16.5. The van der Waals surface area contributed by atoms with Crippen molar-refractivity contribution >= 4 is 17.8 Å². The number of likely N-dealkylation sites (tertiary alicyclic amines) is 1. The second-order valence-electron chi connectivity index (χ2n) is 7.96. The molecule has 2 aromatic rings. The number of ether oxygens (including phenoxy) is 3. The largest absolute Gasteiger partial charge is 0.496 e. The number of amides is 1. The van der Waals surface area contributed by atoms with E-state index < -0.39 is 5.60 Å². The van der Waals surface area contributed by atoms with Gasteiger partial charge in [-0.1, -0.05) is 30.3 Å². The molecule has 0 N–H and O–H groups in total. The van der Waals surface area contributed by atoms with Gasteiger partial charge in [0.05, 0.1) is 20.6 Å². The third-order valence-corrected chi connectivity index (χ3v) is 6.01. The fourth-order valence-corrected chi connectivity index (χ4v) is 4.27. The number of methoxy groups -OCH3 is 2. The van der Waals surface area contributed by atoms with E-state index in [1.54, 1.807) is 30.2 Å². The molecule has 1 saturated heterocycles. The first kappa shape index (κ1) is 21.4. The first-order chi connectivity index (χ1) is 15.5. The molecule has 32 heavy (non-hydrogen) atoms. The molecule has 164 valence electrons. The predicted octanol–water partition coefficient (Wildman–Crippen LogP) is 3.64. The van der Waals surface area contributed by atoms with Crippen LogP contribution in [0.3, 0.4) is 0 Å². The molecule has 0 unspecified atom stereocenters. The molecular formula is C25H24N2O5. The van der Waals surface area contributed by atoms with E-state index in [-0.39, 0.29) is 23.7 Å². The summed E-state index contributed by atoms with van der Waals surface area (Å²) in [6.45, 7) is 0.798. The van der Waals surface area contributed by atoms with Gasteiger partial charge in [-0.05, 0) is 11.6 Å². The highest BCUT2D eigenvalue weighted by Crippen LogP contribution is 2.44. The van der Waals surface area contributed by atoms with Crippen LogP contribution in [0.15, 0.2) is 48.0 Å². The van der Waals surface area contributed by atoms with Crippen LogP contribution in [0.25, 0.3) is 6.08 Å². The van der Waals surface area contributed by atoms with Crippen molar-refractivity contribution in [1.82, 2.24) is 4.90 Å². The number of piperidine rings is 1. The third kappa shape index (κ3) is 4.04. The summed E-state index contributed by atoms with van der Waals surface area (Å²) in [5.74, 6) is 1.06.